The molecule has 0 aromatic carbocycles. The Balaban J connectivity index is 2.93. The zero-order valence-corrected chi connectivity index (χ0v) is 7.89. The lowest BCUT2D eigenvalue weighted by Gasteiger charge is -1.98. The Morgan fingerprint density at radius 2 is 2.17 bits per heavy atom. The molecule has 12 heavy (non-hydrogen) atoms. The minimum atomic E-state index is 0.429. The summed E-state index contributed by atoms with van der Waals surface area (Å²) in [6.07, 6.45) is 1.93. The number of aryl methyl sites for hydroxylation is 1. The predicted molar refractivity (Wildman–Crippen MR) is 50.7 cm³/mol. The van der Waals surface area contributed by atoms with E-state index in [1.165, 1.54) is 0 Å². The molecule has 2 aromatic rings. The molecular weight excluding hydrogens is 195 g/mol. The molecule has 0 atom stereocenters. The van der Waals surface area contributed by atoms with Crippen LogP contribution in [0.25, 0.3) is 10.9 Å². The molecule has 0 radical (unpaired) electrons. The third-order valence-electron chi connectivity index (χ3n) is 1.78. The lowest BCUT2D eigenvalue weighted by atomic mass is 10.3. The molecule has 0 unspecified atom stereocenters. The summed E-state index contributed by atoms with van der Waals surface area (Å²) in [4.78, 5) is 3.94. The molecule has 0 aliphatic rings. The Morgan fingerprint density at radius 3 is 2.92 bits per heavy atom. The van der Waals surface area contributed by atoms with Gasteiger partial charge in [-0.3, -0.25) is 0 Å². The van der Waals surface area contributed by atoms with Crippen LogP contribution in [0.3, 0.4) is 0 Å². The molecule has 0 N–H and O–H groups in total. The van der Waals surface area contributed by atoms with Crippen LogP contribution in [0.1, 0.15) is 0 Å². The van der Waals surface area contributed by atoms with Crippen LogP contribution in [-0.2, 0) is 7.05 Å². The Morgan fingerprint density at radius 1 is 1.42 bits per heavy atom. The van der Waals surface area contributed by atoms with Crippen molar-refractivity contribution in [2.75, 3.05) is 0 Å². The van der Waals surface area contributed by atoms with Crippen LogP contribution in [-0.4, -0.2) is 9.55 Å². The van der Waals surface area contributed by atoms with Crippen LogP contribution >= 0.6 is 23.2 Å². The maximum absolute atomic E-state index is 5.89. The molecule has 62 valence electrons. The third-order valence-corrected chi connectivity index (χ3v) is 2.24. The lowest BCUT2D eigenvalue weighted by molar-refractivity contribution is 0.965. The van der Waals surface area contributed by atoms with Crippen molar-refractivity contribution in [2.24, 2.45) is 7.05 Å². The number of halogens is 2. The average molecular weight is 201 g/mol. The van der Waals surface area contributed by atoms with Crippen molar-refractivity contribution in [1.29, 1.82) is 0 Å². The molecule has 0 bridgehead atoms. The van der Waals surface area contributed by atoms with E-state index in [1.54, 1.807) is 6.07 Å². The first kappa shape index (κ1) is 7.90. The van der Waals surface area contributed by atoms with Crippen molar-refractivity contribution in [3.63, 3.8) is 0 Å². The maximum atomic E-state index is 5.89. The molecule has 0 aliphatic heterocycles. The minimum Gasteiger partial charge on any atom is -0.348 e. The average Bonchev–Trinajstić information content (AvgIpc) is 2.31. The van der Waals surface area contributed by atoms with E-state index in [1.807, 2.05) is 23.9 Å². The number of fused-ring (bicyclic) bond motifs is 1. The smallest absolute Gasteiger partial charge is 0.155 e. The highest BCUT2D eigenvalue weighted by molar-refractivity contribution is 6.36. The van der Waals surface area contributed by atoms with Crippen LogP contribution < -0.4 is 0 Å². The van der Waals surface area contributed by atoms with Gasteiger partial charge in [-0.25, -0.2) is 4.98 Å². The molecule has 0 fully saturated rings. The van der Waals surface area contributed by atoms with E-state index in [0.29, 0.717) is 10.3 Å². The van der Waals surface area contributed by atoms with Crippen molar-refractivity contribution in [2.45, 2.75) is 0 Å². The highest BCUT2D eigenvalue weighted by Gasteiger charge is 2.05. The number of pyridine rings is 1. The third kappa shape index (κ3) is 1.08. The molecule has 2 aromatic heterocycles. The quantitative estimate of drug-likeness (QED) is 0.599. The number of nitrogens with zero attached hydrogens (tertiary/aromatic N) is 2. The Labute approximate surface area is 79.7 Å². The van der Waals surface area contributed by atoms with E-state index in [0.717, 1.165) is 10.9 Å². The topological polar surface area (TPSA) is 17.8 Å². The van der Waals surface area contributed by atoms with Gasteiger partial charge in [-0.05, 0) is 12.1 Å². The van der Waals surface area contributed by atoms with Crippen LogP contribution in [0, 0.1) is 0 Å². The van der Waals surface area contributed by atoms with E-state index >= 15 is 0 Å². The van der Waals surface area contributed by atoms with Gasteiger partial charge in [0.1, 0.15) is 5.15 Å². The summed E-state index contributed by atoms with van der Waals surface area (Å²) in [5.74, 6) is 0. The second-order valence-corrected chi connectivity index (χ2v) is 3.35. The van der Waals surface area contributed by atoms with E-state index < -0.39 is 0 Å². The molecule has 2 heterocycles. The van der Waals surface area contributed by atoms with E-state index in [4.69, 9.17) is 23.2 Å². The van der Waals surface area contributed by atoms with Crippen molar-refractivity contribution in [3.8, 4) is 0 Å². The van der Waals surface area contributed by atoms with Crippen LogP contribution in [0.2, 0.25) is 10.3 Å². The van der Waals surface area contributed by atoms with Crippen molar-refractivity contribution in [1.82, 2.24) is 9.55 Å². The summed E-state index contributed by atoms with van der Waals surface area (Å²) >= 11 is 11.6. The Bertz CT molecular complexity index is 434. The van der Waals surface area contributed by atoms with Gasteiger partial charge in [0, 0.05) is 18.6 Å². The van der Waals surface area contributed by atoms with Crippen molar-refractivity contribution in [3.05, 3.63) is 28.6 Å². The summed E-state index contributed by atoms with van der Waals surface area (Å²) in [5, 5.41) is 1.89. The van der Waals surface area contributed by atoms with Gasteiger partial charge in [0.2, 0.25) is 0 Å². The van der Waals surface area contributed by atoms with Gasteiger partial charge in [0.05, 0.1) is 5.52 Å². The van der Waals surface area contributed by atoms with Gasteiger partial charge in [-0.2, -0.15) is 0 Å². The Kier molecular flexibility index (Phi) is 1.74. The Hall–Kier alpha value is -0.730. The molecule has 4 heteroatoms. The highest BCUT2D eigenvalue weighted by Crippen LogP contribution is 2.24. The van der Waals surface area contributed by atoms with E-state index in [2.05, 4.69) is 4.98 Å². The molecule has 0 spiro atoms. The van der Waals surface area contributed by atoms with Crippen molar-refractivity contribution < 1.29 is 0 Å². The fraction of sp³-hybridized carbons (Fsp3) is 0.125. The van der Waals surface area contributed by atoms with Gasteiger partial charge in [-0.15, -0.1) is 0 Å². The summed E-state index contributed by atoms with van der Waals surface area (Å²) in [7, 11) is 1.92. The number of rotatable bonds is 0. The van der Waals surface area contributed by atoms with E-state index in [-0.39, 0.29) is 0 Å². The molecule has 0 amide bonds. The minimum absolute atomic E-state index is 0.429. The fourth-order valence-corrected chi connectivity index (χ4v) is 1.82. The van der Waals surface area contributed by atoms with E-state index in [9.17, 15) is 0 Å². The first-order chi connectivity index (χ1) is 5.68. The zero-order valence-electron chi connectivity index (χ0n) is 6.38. The maximum Gasteiger partial charge on any atom is 0.155 e. The molecule has 2 nitrogen and oxygen atoms in total. The fourth-order valence-electron chi connectivity index (χ4n) is 1.24. The summed E-state index contributed by atoms with van der Waals surface area (Å²) in [5.41, 5.74) is 0.918. The summed E-state index contributed by atoms with van der Waals surface area (Å²) in [6, 6.07) is 3.75. The summed E-state index contributed by atoms with van der Waals surface area (Å²) in [6.45, 7) is 0. The first-order valence-electron chi connectivity index (χ1n) is 3.45. The molecule has 2 rings (SSSR count). The first-order valence-corrected chi connectivity index (χ1v) is 4.21. The predicted octanol–water partition coefficient (Wildman–Crippen LogP) is 2.88. The largest absolute Gasteiger partial charge is 0.348 e. The van der Waals surface area contributed by atoms with Crippen LogP contribution in [0.5, 0.6) is 0 Å². The molecular formula is C8H6Cl2N2. The molecule has 0 aliphatic carbocycles. The summed E-state index contributed by atoms with van der Waals surface area (Å²) < 4.78 is 1.92. The van der Waals surface area contributed by atoms with Crippen LogP contribution in [0.15, 0.2) is 18.3 Å². The van der Waals surface area contributed by atoms with Gasteiger partial charge in [0.25, 0.3) is 0 Å². The normalized spacial score (nSPS) is 10.9. The highest BCUT2D eigenvalue weighted by atomic mass is 35.5. The molecule has 0 saturated heterocycles. The lowest BCUT2D eigenvalue weighted by Crippen LogP contribution is -1.87. The number of hydrogen-bond acceptors (Lipinski definition) is 1. The number of aromatic nitrogens is 2. The van der Waals surface area contributed by atoms with Gasteiger partial charge >= 0.3 is 0 Å². The van der Waals surface area contributed by atoms with Gasteiger partial charge < -0.3 is 4.57 Å². The second kappa shape index (κ2) is 2.64. The van der Waals surface area contributed by atoms with Gasteiger partial charge in [0.15, 0.2) is 5.15 Å². The number of hydrogen-bond donors (Lipinski definition) is 0. The van der Waals surface area contributed by atoms with Crippen molar-refractivity contribution >= 4 is 34.1 Å². The second-order valence-electron chi connectivity index (χ2n) is 2.60. The standard InChI is InChI=1S/C8H6Cl2N2/c1-12-3-2-5-4-6(9)11-8(10)7(5)12/h2-4H,1H3. The van der Waals surface area contributed by atoms with Gasteiger partial charge in [-0.1, -0.05) is 23.2 Å². The SMILES string of the molecule is Cn1ccc2cc(Cl)nc(Cl)c21. The zero-order chi connectivity index (χ0) is 8.72. The molecule has 0 saturated carbocycles. The van der Waals surface area contributed by atoms with Crippen LogP contribution in [0.4, 0.5) is 0 Å². The monoisotopic (exact) mass is 200 g/mol.